The van der Waals surface area contributed by atoms with Crippen molar-refractivity contribution in [1.82, 2.24) is 0 Å². The number of aryl methyl sites for hydroxylation is 1. The zero-order valence-electron chi connectivity index (χ0n) is 10.1. The van der Waals surface area contributed by atoms with Crippen LogP contribution in [0.15, 0.2) is 48.8 Å². The van der Waals surface area contributed by atoms with Crippen LogP contribution in [0.4, 0.5) is 0 Å². The Morgan fingerprint density at radius 2 is 2.00 bits per heavy atom. The van der Waals surface area contributed by atoms with Gasteiger partial charge in [0.25, 0.3) is 0 Å². The molecule has 0 saturated carbocycles. The lowest BCUT2D eigenvalue weighted by Gasteiger charge is -1.99. The summed E-state index contributed by atoms with van der Waals surface area (Å²) in [6, 6.07) is 13.0. The van der Waals surface area contributed by atoms with E-state index in [0.29, 0.717) is 11.1 Å². The number of carbonyl (C=O) groups excluding carboxylic acids is 1. The summed E-state index contributed by atoms with van der Waals surface area (Å²) in [5, 5.41) is 8.80. The third-order valence-electron chi connectivity index (χ3n) is 2.69. The van der Waals surface area contributed by atoms with Crippen LogP contribution in [0.25, 0.3) is 0 Å². The average molecular weight is 237 g/mol. The predicted octanol–water partition coefficient (Wildman–Crippen LogP) is 2.04. The Balaban J connectivity index is 2.16. The molecule has 0 amide bonds. The first kappa shape index (κ1) is 12.0. The van der Waals surface area contributed by atoms with Gasteiger partial charge < -0.3 is 0 Å². The third-order valence-corrected chi connectivity index (χ3v) is 2.69. The number of pyridine rings is 1. The van der Waals surface area contributed by atoms with Crippen molar-refractivity contribution in [2.75, 3.05) is 0 Å². The molecule has 0 aliphatic rings. The standard InChI is InChI=1S/C15H13N2O/c1-12-4-6-14(7-5-12)15(18)11-17-8-2-3-13(9-16)10-17/h2-8,10H,11H2,1H3/q+1. The molecular formula is C15H13N2O+. The molecule has 88 valence electrons. The zero-order valence-corrected chi connectivity index (χ0v) is 10.1. The Hall–Kier alpha value is -2.47. The van der Waals surface area contributed by atoms with Crippen molar-refractivity contribution in [3.05, 3.63) is 65.5 Å². The van der Waals surface area contributed by atoms with Gasteiger partial charge in [0.05, 0.1) is 0 Å². The summed E-state index contributed by atoms with van der Waals surface area (Å²) in [4.78, 5) is 12.0. The van der Waals surface area contributed by atoms with E-state index in [4.69, 9.17) is 5.26 Å². The second-order valence-corrected chi connectivity index (χ2v) is 4.17. The van der Waals surface area contributed by atoms with E-state index >= 15 is 0 Å². The van der Waals surface area contributed by atoms with E-state index in [1.165, 1.54) is 0 Å². The molecule has 0 aliphatic heterocycles. The van der Waals surface area contributed by atoms with Crippen LogP contribution in [0.3, 0.4) is 0 Å². The van der Waals surface area contributed by atoms with Crippen molar-refractivity contribution in [3.63, 3.8) is 0 Å². The van der Waals surface area contributed by atoms with E-state index in [1.807, 2.05) is 31.2 Å². The molecule has 0 saturated heterocycles. The Kier molecular flexibility index (Phi) is 3.49. The maximum Gasteiger partial charge on any atom is 0.227 e. The number of ketones is 1. The Bertz CT molecular complexity index is 609. The minimum atomic E-state index is 0.0371. The second kappa shape index (κ2) is 5.24. The number of Topliss-reactive ketones (excluding diaryl/α,β-unsaturated/α-hetero) is 1. The number of aromatic nitrogens is 1. The van der Waals surface area contributed by atoms with Gasteiger partial charge in [0.1, 0.15) is 11.6 Å². The van der Waals surface area contributed by atoms with E-state index in [2.05, 4.69) is 6.07 Å². The molecule has 1 heterocycles. The van der Waals surface area contributed by atoms with Crippen LogP contribution >= 0.6 is 0 Å². The van der Waals surface area contributed by atoms with Crippen LogP contribution in [0, 0.1) is 18.3 Å². The normalized spacial score (nSPS) is 9.78. The van der Waals surface area contributed by atoms with Gasteiger partial charge in [-0.15, -0.1) is 0 Å². The van der Waals surface area contributed by atoms with E-state index in [0.717, 1.165) is 5.56 Å². The van der Waals surface area contributed by atoms with E-state index < -0.39 is 0 Å². The predicted molar refractivity (Wildman–Crippen MR) is 66.9 cm³/mol. The van der Waals surface area contributed by atoms with Gasteiger partial charge in [-0.1, -0.05) is 29.8 Å². The number of carbonyl (C=O) groups is 1. The van der Waals surface area contributed by atoms with Gasteiger partial charge in [0.15, 0.2) is 12.4 Å². The number of hydrogen-bond acceptors (Lipinski definition) is 2. The molecule has 1 aromatic heterocycles. The van der Waals surface area contributed by atoms with Crippen molar-refractivity contribution in [3.8, 4) is 6.07 Å². The number of nitrogens with zero attached hydrogens (tertiary/aromatic N) is 2. The summed E-state index contributed by atoms with van der Waals surface area (Å²) < 4.78 is 1.72. The molecule has 0 fully saturated rings. The maximum atomic E-state index is 12.0. The lowest BCUT2D eigenvalue weighted by molar-refractivity contribution is -0.683. The van der Waals surface area contributed by atoms with Crippen molar-refractivity contribution in [2.45, 2.75) is 13.5 Å². The van der Waals surface area contributed by atoms with Crippen molar-refractivity contribution in [2.24, 2.45) is 0 Å². The largest absolute Gasteiger partial charge is 0.287 e. The molecule has 0 N–H and O–H groups in total. The fourth-order valence-corrected chi connectivity index (χ4v) is 1.68. The summed E-state index contributed by atoms with van der Waals surface area (Å²) in [6.07, 6.45) is 3.46. The molecule has 0 radical (unpaired) electrons. The van der Waals surface area contributed by atoms with Crippen LogP contribution < -0.4 is 4.57 Å². The molecule has 3 heteroatoms. The Labute approximate surface area is 106 Å². The lowest BCUT2D eigenvalue weighted by Crippen LogP contribution is -2.37. The quantitative estimate of drug-likeness (QED) is 0.605. The van der Waals surface area contributed by atoms with Gasteiger partial charge in [0, 0.05) is 11.6 Å². The summed E-state index contributed by atoms with van der Waals surface area (Å²) in [6.45, 7) is 2.23. The van der Waals surface area contributed by atoms with Gasteiger partial charge >= 0.3 is 0 Å². The molecule has 18 heavy (non-hydrogen) atoms. The van der Waals surface area contributed by atoms with Crippen LogP contribution in [-0.2, 0) is 6.54 Å². The number of hydrogen-bond donors (Lipinski definition) is 0. The van der Waals surface area contributed by atoms with Crippen LogP contribution in [-0.4, -0.2) is 5.78 Å². The molecule has 0 bridgehead atoms. The van der Waals surface area contributed by atoms with Gasteiger partial charge in [-0.25, -0.2) is 0 Å². The number of benzene rings is 1. The monoisotopic (exact) mass is 237 g/mol. The van der Waals surface area contributed by atoms with Gasteiger partial charge in [-0.3, -0.25) is 4.79 Å². The Morgan fingerprint density at radius 3 is 2.67 bits per heavy atom. The minimum Gasteiger partial charge on any atom is -0.287 e. The molecule has 0 atom stereocenters. The second-order valence-electron chi connectivity index (χ2n) is 4.17. The molecule has 2 aromatic rings. The number of rotatable bonds is 3. The van der Waals surface area contributed by atoms with Crippen LogP contribution in [0.2, 0.25) is 0 Å². The molecule has 0 spiro atoms. The topological polar surface area (TPSA) is 44.7 Å². The Morgan fingerprint density at radius 1 is 1.28 bits per heavy atom. The van der Waals surface area contributed by atoms with Gasteiger partial charge in [-0.2, -0.15) is 9.83 Å². The SMILES string of the molecule is Cc1ccc(C(=O)C[n+]2cccc(C#N)c2)cc1. The summed E-state index contributed by atoms with van der Waals surface area (Å²) >= 11 is 0. The van der Waals surface area contributed by atoms with E-state index in [-0.39, 0.29) is 12.3 Å². The van der Waals surface area contributed by atoms with Gasteiger partial charge in [0.2, 0.25) is 12.3 Å². The van der Waals surface area contributed by atoms with Crippen molar-refractivity contribution < 1.29 is 9.36 Å². The fourth-order valence-electron chi connectivity index (χ4n) is 1.68. The molecule has 1 aromatic carbocycles. The lowest BCUT2D eigenvalue weighted by atomic mass is 10.1. The zero-order chi connectivity index (χ0) is 13.0. The molecule has 2 rings (SSSR count). The first-order valence-electron chi connectivity index (χ1n) is 5.68. The smallest absolute Gasteiger partial charge is 0.227 e. The highest BCUT2D eigenvalue weighted by molar-refractivity contribution is 5.95. The molecule has 0 aliphatic carbocycles. The number of nitriles is 1. The summed E-state index contributed by atoms with van der Waals surface area (Å²) in [5.41, 5.74) is 2.37. The third kappa shape index (κ3) is 2.80. The van der Waals surface area contributed by atoms with E-state index in [1.54, 1.807) is 29.1 Å². The highest BCUT2D eigenvalue weighted by Gasteiger charge is 2.12. The molecule has 3 nitrogen and oxygen atoms in total. The van der Waals surface area contributed by atoms with Gasteiger partial charge in [-0.05, 0) is 13.0 Å². The molecular weight excluding hydrogens is 224 g/mol. The summed E-state index contributed by atoms with van der Waals surface area (Å²) in [7, 11) is 0. The summed E-state index contributed by atoms with van der Waals surface area (Å²) in [5.74, 6) is 0.0371. The van der Waals surface area contributed by atoms with Crippen molar-refractivity contribution >= 4 is 5.78 Å². The highest BCUT2D eigenvalue weighted by Crippen LogP contribution is 2.04. The fraction of sp³-hybridized carbons (Fsp3) is 0.133. The highest BCUT2D eigenvalue weighted by atomic mass is 16.1. The average Bonchev–Trinajstić information content (AvgIpc) is 2.39. The first-order chi connectivity index (χ1) is 8.69. The van der Waals surface area contributed by atoms with Crippen LogP contribution in [0.1, 0.15) is 21.5 Å². The maximum absolute atomic E-state index is 12.0. The first-order valence-corrected chi connectivity index (χ1v) is 5.68. The van der Waals surface area contributed by atoms with Crippen molar-refractivity contribution in [1.29, 1.82) is 5.26 Å². The van der Waals surface area contributed by atoms with Crippen LogP contribution in [0.5, 0.6) is 0 Å². The minimum absolute atomic E-state index is 0.0371. The van der Waals surface area contributed by atoms with E-state index in [9.17, 15) is 4.79 Å². The molecule has 0 unspecified atom stereocenters.